The molecule has 0 saturated heterocycles. The molecule has 10 heteroatoms. The minimum atomic E-state index is -0.515. The Labute approximate surface area is 156 Å². The van der Waals surface area contributed by atoms with E-state index in [-0.39, 0.29) is 25.7 Å². The van der Waals surface area contributed by atoms with E-state index in [2.05, 4.69) is 31.9 Å². The number of ether oxygens (including phenoxy) is 3. The molecule has 0 amide bonds. The number of thiophene rings is 1. The zero-order valence-electron chi connectivity index (χ0n) is 11.9. The van der Waals surface area contributed by atoms with Gasteiger partial charge in [-0.1, -0.05) is 0 Å². The molecule has 2 heterocycles. The van der Waals surface area contributed by atoms with Gasteiger partial charge >= 0.3 is 5.97 Å². The van der Waals surface area contributed by atoms with E-state index in [9.17, 15) is 14.9 Å². The van der Waals surface area contributed by atoms with Crippen molar-refractivity contribution >= 4 is 54.9 Å². The highest BCUT2D eigenvalue weighted by Crippen LogP contribution is 2.35. The highest BCUT2D eigenvalue weighted by atomic mass is 79.9. The Morgan fingerprint density at radius 1 is 1.38 bits per heavy atom. The van der Waals surface area contributed by atoms with Crippen LogP contribution in [0.15, 0.2) is 26.5 Å². The molecule has 0 N–H and O–H groups in total. The van der Waals surface area contributed by atoms with Gasteiger partial charge in [-0.3, -0.25) is 10.1 Å². The molecule has 0 radical (unpaired) electrons. The lowest BCUT2D eigenvalue weighted by molar-refractivity contribution is -0.385. The van der Waals surface area contributed by atoms with Gasteiger partial charge in [0.1, 0.15) is 17.2 Å². The van der Waals surface area contributed by atoms with Crippen molar-refractivity contribution in [3.05, 3.63) is 52.6 Å². The smallest absolute Gasteiger partial charge is 0.348 e. The number of rotatable bonds is 4. The molecule has 0 aliphatic carbocycles. The Bertz CT molecular complexity index is 802. The van der Waals surface area contributed by atoms with Crippen molar-refractivity contribution in [3.63, 3.8) is 0 Å². The van der Waals surface area contributed by atoms with Gasteiger partial charge in [0, 0.05) is 27.7 Å². The summed E-state index contributed by atoms with van der Waals surface area (Å²) < 4.78 is 17.3. The first-order chi connectivity index (χ1) is 11.5. The first-order valence-electron chi connectivity index (χ1n) is 6.58. The van der Waals surface area contributed by atoms with Crippen molar-refractivity contribution in [1.29, 1.82) is 0 Å². The molecule has 1 aromatic heterocycles. The second-order valence-corrected chi connectivity index (χ2v) is 7.99. The highest BCUT2D eigenvalue weighted by Gasteiger charge is 2.22. The number of nitro benzene ring substituents is 1. The summed E-state index contributed by atoms with van der Waals surface area (Å²) in [5.41, 5.74) is 0.893. The van der Waals surface area contributed by atoms with Crippen LogP contribution in [0.1, 0.15) is 20.8 Å². The molecule has 2 aromatic rings. The summed E-state index contributed by atoms with van der Waals surface area (Å²) in [6, 6.07) is 4.38. The average molecular weight is 479 g/mol. The molecule has 0 unspecified atom stereocenters. The third kappa shape index (κ3) is 3.61. The molecule has 1 aromatic carbocycles. The molecule has 7 nitrogen and oxygen atoms in total. The van der Waals surface area contributed by atoms with E-state index in [4.69, 9.17) is 14.2 Å². The Morgan fingerprint density at radius 2 is 2.17 bits per heavy atom. The zero-order chi connectivity index (χ0) is 17.3. The highest BCUT2D eigenvalue weighted by molar-refractivity contribution is 9.13. The number of hydrogen-bond acceptors (Lipinski definition) is 7. The van der Waals surface area contributed by atoms with Gasteiger partial charge in [-0.2, -0.15) is 0 Å². The molecule has 126 valence electrons. The Hall–Kier alpha value is -1.49. The number of non-ortho nitro benzene ring substituents is 1. The molecule has 0 bridgehead atoms. The number of hydrogen-bond donors (Lipinski definition) is 0. The minimum absolute atomic E-state index is 0.0522. The van der Waals surface area contributed by atoms with Gasteiger partial charge in [-0.25, -0.2) is 4.79 Å². The second kappa shape index (κ2) is 7.18. The van der Waals surface area contributed by atoms with Gasteiger partial charge < -0.3 is 14.2 Å². The molecule has 3 rings (SSSR count). The normalized spacial score (nSPS) is 13.1. The number of carbonyl (C=O) groups excluding carboxylic acids is 1. The number of carbonyl (C=O) groups is 1. The lowest BCUT2D eigenvalue weighted by Gasteiger charge is -2.20. The van der Waals surface area contributed by atoms with Gasteiger partial charge in [0.25, 0.3) is 5.69 Å². The monoisotopic (exact) mass is 477 g/mol. The fourth-order valence-corrected chi connectivity index (χ4v) is 4.08. The van der Waals surface area contributed by atoms with Gasteiger partial charge in [-0.15, -0.1) is 11.3 Å². The van der Waals surface area contributed by atoms with Crippen LogP contribution in [0.3, 0.4) is 0 Å². The van der Waals surface area contributed by atoms with Gasteiger partial charge in [-0.05, 0) is 37.9 Å². The molecule has 24 heavy (non-hydrogen) atoms. The van der Waals surface area contributed by atoms with Crippen molar-refractivity contribution in [2.75, 3.05) is 6.79 Å². The van der Waals surface area contributed by atoms with Gasteiger partial charge in [0.15, 0.2) is 6.79 Å². The Balaban J connectivity index is 1.82. The number of esters is 1. The second-order valence-electron chi connectivity index (χ2n) is 4.77. The van der Waals surface area contributed by atoms with Crippen LogP contribution in [0.25, 0.3) is 0 Å². The lowest BCUT2D eigenvalue weighted by atomic mass is 10.1. The minimum Gasteiger partial charge on any atom is -0.467 e. The van der Waals surface area contributed by atoms with Crippen LogP contribution in [0.5, 0.6) is 5.75 Å². The zero-order valence-corrected chi connectivity index (χ0v) is 15.9. The van der Waals surface area contributed by atoms with E-state index in [0.29, 0.717) is 21.8 Å². The SMILES string of the molecule is O=C(OCc1cc([N+](=O)[O-])cc2c1OCOC2)c1cc(Br)c(Br)s1. The summed E-state index contributed by atoms with van der Waals surface area (Å²) in [5.74, 6) is -0.0492. The van der Waals surface area contributed by atoms with Crippen LogP contribution >= 0.6 is 43.2 Å². The molecule has 0 saturated carbocycles. The van der Waals surface area contributed by atoms with E-state index >= 15 is 0 Å². The summed E-state index contributed by atoms with van der Waals surface area (Å²) >= 11 is 7.84. The molecule has 0 fully saturated rings. The fourth-order valence-electron chi connectivity index (χ4n) is 2.16. The number of halogens is 2. The van der Waals surface area contributed by atoms with Crippen LogP contribution in [-0.4, -0.2) is 17.7 Å². The van der Waals surface area contributed by atoms with Crippen molar-refractivity contribution in [2.24, 2.45) is 0 Å². The van der Waals surface area contributed by atoms with Crippen LogP contribution in [0.2, 0.25) is 0 Å². The summed E-state index contributed by atoms with van der Waals surface area (Å²) in [4.78, 5) is 23.1. The predicted molar refractivity (Wildman–Crippen MR) is 92.2 cm³/mol. The third-order valence-corrected chi connectivity index (χ3v) is 6.42. The molecule has 0 atom stereocenters. The van der Waals surface area contributed by atoms with E-state index in [1.54, 1.807) is 6.07 Å². The van der Waals surface area contributed by atoms with Crippen molar-refractivity contribution in [1.82, 2.24) is 0 Å². The largest absolute Gasteiger partial charge is 0.467 e. The first-order valence-corrected chi connectivity index (χ1v) is 8.98. The average Bonchev–Trinajstić information content (AvgIpc) is 2.91. The number of benzene rings is 1. The Kier molecular flexibility index (Phi) is 5.18. The van der Waals surface area contributed by atoms with E-state index in [1.165, 1.54) is 23.5 Å². The van der Waals surface area contributed by atoms with Gasteiger partial charge in [0.05, 0.1) is 15.3 Å². The third-order valence-electron chi connectivity index (χ3n) is 3.19. The van der Waals surface area contributed by atoms with Crippen LogP contribution in [0, 0.1) is 10.1 Å². The summed E-state index contributed by atoms with van der Waals surface area (Å²) in [7, 11) is 0. The fraction of sp³-hybridized carbons (Fsp3) is 0.214. The van der Waals surface area contributed by atoms with Crippen molar-refractivity contribution in [2.45, 2.75) is 13.2 Å². The van der Waals surface area contributed by atoms with Crippen LogP contribution < -0.4 is 4.74 Å². The topological polar surface area (TPSA) is 87.9 Å². The van der Waals surface area contributed by atoms with E-state index < -0.39 is 10.9 Å². The standard InChI is InChI=1S/C14H9Br2NO6S/c15-10-3-11(24-13(10)16)14(18)22-5-8-2-9(17(19)20)1-7-4-21-6-23-12(7)8/h1-3H,4-6H2. The summed E-state index contributed by atoms with van der Waals surface area (Å²) in [5, 5.41) is 11.0. The maximum atomic E-state index is 12.1. The molecule has 1 aliphatic rings. The van der Waals surface area contributed by atoms with E-state index in [0.717, 1.165) is 8.26 Å². The predicted octanol–water partition coefficient (Wildman–Crippen LogP) is 4.40. The van der Waals surface area contributed by atoms with Crippen molar-refractivity contribution < 1.29 is 23.9 Å². The first kappa shape index (κ1) is 17.3. The van der Waals surface area contributed by atoms with Crippen LogP contribution in [-0.2, 0) is 22.7 Å². The number of fused-ring (bicyclic) bond motifs is 1. The quantitative estimate of drug-likeness (QED) is 0.367. The number of nitro groups is 1. The molecule has 1 aliphatic heterocycles. The lowest BCUT2D eigenvalue weighted by Crippen LogP contribution is -2.14. The van der Waals surface area contributed by atoms with Crippen molar-refractivity contribution in [3.8, 4) is 5.75 Å². The van der Waals surface area contributed by atoms with E-state index in [1.807, 2.05) is 0 Å². The summed E-state index contributed by atoms with van der Waals surface area (Å²) in [6.45, 7) is 0.134. The number of nitrogens with zero attached hydrogens (tertiary/aromatic N) is 1. The molecular formula is C14H9Br2NO6S. The summed E-state index contributed by atoms with van der Waals surface area (Å²) in [6.07, 6.45) is 0. The Morgan fingerprint density at radius 3 is 2.83 bits per heavy atom. The maximum absolute atomic E-state index is 12.1. The molecular weight excluding hydrogens is 470 g/mol. The van der Waals surface area contributed by atoms with Crippen LogP contribution in [0.4, 0.5) is 5.69 Å². The van der Waals surface area contributed by atoms with Gasteiger partial charge in [0.2, 0.25) is 0 Å². The maximum Gasteiger partial charge on any atom is 0.348 e. The molecule has 0 spiro atoms.